The average Bonchev–Trinajstić information content (AvgIpc) is 3.70. The Balaban J connectivity index is 1.30. The molecule has 0 spiro atoms. The number of piperidine rings is 1. The molecule has 3 aromatic carbocycles. The van der Waals surface area contributed by atoms with Gasteiger partial charge in [-0.05, 0) is 86.6 Å². The molecule has 1 amide bonds. The number of hydrogen-bond donors (Lipinski definition) is 1. The van der Waals surface area contributed by atoms with Gasteiger partial charge in [0.25, 0.3) is 0 Å². The van der Waals surface area contributed by atoms with Crippen LogP contribution in [0.5, 0.6) is 11.5 Å². The molecule has 1 unspecified atom stereocenters. The van der Waals surface area contributed by atoms with Crippen molar-refractivity contribution in [3.8, 4) is 11.5 Å². The second-order valence-electron chi connectivity index (χ2n) is 15.4. The first-order chi connectivity index (χ1) is 26.0. The molecular weight excluding hydrogens is 707 g/mol. The minimum atomic E-state index is -3.97. The Bertz CT molecular complexity index is 1790. The molecule has 1 N–H and O–H groups in total. The van der Waals surface area contributed by atoms with Crippen molar-refractivity contribution in [2.75, 3.05) is 65.1 Å². The third-order valence-electron chi connectivity index (χ3n) is 11.0. The van der Waals surface area contributed by atoms with Gasteiger partial charge in [0.1, 0.15) is 18.1 Å². The number of nitrogens with zero attached hydrogens (tertiary/aromatic N) is 2. The summed E-state index contributed by atoms with van der Waals surface area (Å²) in [5.41, 5.74) is 3.15. The standard InChI is InChI=1S/C42H57N3O8S/c1-30-9-16-36(17-10-30)54(47,48)45-28-40(53-29-31-11-18-39-38(24-31)44(20-23-52-39)19-7-21-49-4)37(32-12-14-34(50-5)15-13-32)25-33(45)26-42(2,3)41(46)43-27-35-8-6-22-51-35/h9-18,24,33,35,37,40H,6-8,19-23,25-29H2,1-5H3,(H,43,46)/t33-,35-,37?,40-/m0/s1. The van der Waals surface area contributed by atoms with Crippen molar-refractivity contribution < 1.29 is 36.9 Å². The summed E-state index contributed by atoms with van der Waals surface area (Å²) in [5, 5.41) is 3.10. The molecule has 0 radical (unpaired) electrons. The summed E-state index contributed by atoms with van der Waals surface area (Å²) in [7, 11) is -0.611. The van der Waals surface area contributed by atoms with Gasteiger partial charge in [-0.15, -0.1) is 0 Å². The zero-order chi connectivity index (χ0) is 38.3. The highest BCUT2D eigenvalue weighted by atomic mass is 32.2. The van der Waals surface area contributed by atoms with Crippen LogP contribution in [0.25, 0.3) is 0 Å². The Labute approximate surface area is 321 Å². The number of rotatable bonds is 16. The van der Waals surface area contributed by atoms with E-state index in [9.17, 15) is 13.2 Å². The lowest BCUT2D eigenvalue weighted by atomic mass is 9.77. The molecule has 3 aliphatic heterocycles. The van der Waals surface area contributed by atoms with Crippen molar-refractivity contribution in [1.29, 1.82) is 0 Å². The van der Waals surface area contributed by atoms with Crippen LogP contribution >= 0.6 is 0 Å². The van der Waals surface area contributed by atoms with Gasteiger partial charge in [0.15, 0.2) is 0 Å². The number of aryl methyl sites for hydroxylation is 1. The molecule has 294 valence electrons. The predicted molar refractivity (Wildman–Crippen MR) is 209 cm³/mol. The molecule has 3 heterocycles. The summed E-state index contributed by atoms with van der Waals surface area (Å²) in [4.78, 5) is 16.3. The van der Waals surface area contributed by atoms with Gasteiger partial charge in [-0.2, -0.15) is 4.31 Å². The molecule has 3 aliphatic rings. The van der Waals surface area contributed by atoms with Gasteiger partial charge in [-0.1, -0.05) is 49.7 Å². The first-order valence-electron chi connectivity index (χ1n) is 19.2. The predicted octanol–water partition coefficient (Wildman–Crippen LogP) is 6.08. The van der Waals surface area contributed by atoms with Crippen LogP contribution in [-0.2, 0) is 35.6 Å². The number of ether oxygens (including phenoxy) is 5. The fourth-order valence-corrected chi connectivity index (χ4v) is 9.54. The summed E-state index contributed by atoms with van der Waals surface area (Å²) in [6.07, 6.45) is 3.15. The Morgan fingerprint density at radius 2 is 1.80 bits per heavy atom. The van der Waals surface area contributed by atoms with Crippen molar-refractivity contribution in [1.82, 2.24) is 9.62 Å². The van der Waals surface area contributed by atoms with Crippen molar-refractivity contribution in [2.24, 2.45) is 5.41 Å². The second-order valence-corrected chi connectivity index (χ2v) is 17.3. The van der Waals surface area contributed by atoms with Crippen molar-refractivity contribution in [3.05, 3.63) is 83.4 Å². The molecule has 2 fully saturated rings. The number of nitrogens with one attached hydrogen (secondary N) is 1. The fraction of sp³-hybridized carbons (Fsp3) is 0.548. The number of benzene rings is 3. The lowest BCUT2D eigenvalue weighted by Gasteiger charge is -2.45. The quantitative estimate of drug-likeness (QED) is 0.173. The highest BCUT2D eigenvalue weighted by molar-refractivity contribution is 7.89. The molecule has 12 heteroatoms. The van der Waals surface area contributed by atoms with E-state index in [1.165, 1.54) is 0 Å². The number of amides is 1. The molecule has 0 aliphatic carbocycles. The summed E-state index contributed by atoms with van der Waals surface area (Å²) in [6, 6.07) is 20.6. The molecule has 2 saturated heterocycles. The van der Waals surface area contributed by atoms with Gasteiger partial charge < -0.3 is 33.9 Å². The van der Waals surface area contributed by atoms with Crippen LogP contribution in [-0.4, -0.2) is 97.1 Å². The molecule has 0 aromatic heterocycles. The Morgan fingerprint density at radius 3 is 2.50 bits per heavy atom. The zero-order valence-electron chi connectivity index (χ0n) is 32.4. The van der Waals surface area contributed by atoms with Crippen molar-refractivity contribution >= 4 is 21.6 Å². The SMILES string of the molecule is COCCCN1CCOc2ccc(CO[C@H]3CN(S(=O)(=O)c4ccc(C)cc4)[C@H](CC(C)(C)C(=O)NC[C@@H]4CCCO4)CC3c3ccc(OC)cc3)cc21. The van der Waals surface area contributed by atoms with Gasteiger partial charge in [-0.25, -0.2) is 8.42 Å². The molecule has 54 heavy (non-hydrogen) atoms. The Morgan fingerprint density at radius 1 is 1.02 bits per heavy atom. The van der Waals surface area contributed by atoms with Crippen molar-refractivity contribution in [2.45, 2.75) is 88.5 Å². The molecule has 0 bridgehead atoms. The highest BCUT2D eigenvalue weighted by Gasteiger charge is 2.46. The van der Waals surface area contributed by atoms with E-state index in [0.29, 0.717) is 39.2 Å². The maximum absolute atomic E-state index is 14.6. The maximum atomic E-state index is 14.6. The third-order valence-corrected chi connectivity index (χ3v) is 12.9. The van der Waals surface area contributed by atoms with Crippen LogP contribution in [0.1, 0.15) is 68.6 Å². The summed E-state index contributed by atoms with van der Waals surface area (Å²) >= 11 is 0. The average molecular weight is 764 g/mol. The number of sulfonamides is 1. The Hall–Kier alpha value is -3.68. The highest BCUT2D eigenvalue weighted by Crippen LogP contribution is 2.42. The number of methoxy groups -OCH3 is 2. The first-order valence-corrected chi connectivity index (χ1v) is 20.7. The number of carbonyl (C=O) groups is 1. The van der Waals surface area contributed by atoms with Gasteiger partial charge >= 0.3 is 0 Å². The lowest BCUT2D eigenvalue weighted by molar-refractivity contribution is -0.131. The van der Waals surface area contributed by atoms with Gasteiger partial charge in [-0.3, -0.25) is 4.79 Å². The van der Waals surface area contributed by atoms with E-state index in [2.05, 4.69) is 16.3 Å². The van der Waals surface area contributed by atoms with E-state index in [-0.39, 0.29) is 36.0 Å². The van der Waals surface area contributed by atoms with Crippen LogP contribution in [0.4, 0.5) is 5.69 Å². The summed E-state index contributed by atoms with van der Waals surface area (Å²) in [5.74, 6) is 1.32. The molecule has 11 nitrogen and oxygen atoms in total. The molecule has 6 rings (SSSR count). The smallest absolute Gasteiger partial charge is 0.243 e. The van der Waals surface area contributed by atoms with Crippen LogP contribution in [0.3, 0.4) is 0 Å². The lowest BCUT2D eigenvalue weighted by Crippen LogP contribution is -2.54. The van der Waals surface area contributed by atoms with E-state index < -0.39 is 27.6 Å². The van der Waals surface area contributed by atoms with Crippen LogP contribution in [0.2, 0.25) is 0 Å². The topological polar surface area (TPSA) is 116 Å². The monoisotopic (exact) mass is 763 g/mol. The van der Waals surface area contributed by atoms with E-state index in [4.69, 9.17) is 23.7 Å². The van der Waals surface area contributed by atoms with E-state index in [1.54, 1.807) is 30.7 Å². The minimum Gasteiger partial charge on any atom is -0.497 e. The number of fused-ring (bicyclic) bond motifs is 1. The largest absolute Gasteiger partial charge is 0.497 e. The fourth-order valence-electron chi connectivity index (χ4n) is 7.89. The first kappa shape index (κ1) is 40.0. The molecule has 4 atom stereocenters. The normalized spacial score (nSPS) is 22.1. The number of carbonyl (C=O) groups excluding carboxylic acids is 1. The van der Waals surface area contributed by atoms with E-state index in [0.717, 1.165) is 66.2 Å². The summed E-state index contributed by atoms with van der Waals surface area (Å²) < 4.78 is 60.1. The maximum Gasteiger partial charge on any atom is 0.243 e. The minimum absolute atomic E-state index is 0.0107. The van der Waals surface area contributed by atoms with E-state index in [1.807, 2.05) is 69.3 Å². The van der Waals surface area contributed by atoms with Crippen LogP contribution in [0, 0.1) is 12.3 Å². The van der Waals surface area contributed by atoms with E-state index >= 15 is 0 Å². The van der Waals surface area contributed by atoms with Gasteiger partial charge in [0, 0.05) is 57.3 Å². The number of hydrogen-bond acceptors (Lipinski definition) is 9. The Kier molecular flexibility index (Phi) is 13.2. The van der Waals surface area contributed by atoms with Crippen molar-refractivity contribution in [3.63, 3.8) is 0 Å². The van der Waals surface area contributed by atoms with Crippen LogP contribution < -0.4 is 19.7 Å². The second kappa shape index (κ2) is 17.8. The molecular formula is C42H57N3O8S. The summed E-state index contributed by atoms with van der Waals surface area (Å²) in [6.45, 7) is 10.3. The number of anilines is 1. The van der Waals surface area contributed by atoms with Crippen LogP contribution in [0.15, 0.2) is 71.6 Å². The van der Waals surface area contributed by atoms with Gasteiger partial charge in [0.2, 0.25) is 15.9 Å². The zero-order valence-corrected chi connectivity index (χ0v) is 33.2. The molecule has 0 saturated carbocycles. The third kappa shape index (κ3) is 9.57. The van der Waals surface area contributed by atoms with Gasteiger partial charge in [0.05, 0.1) is 43.1 Å². The molecule has 3 aromatic rings.